The van der Waals surface area contributed by atoms with E-state index in [1.165, 1.54) is 0 Å². The lowest BCUT2D eigenvalue weighted by Gasteiger charge is -2.11. The van der Waals surface area contributed by atoms with Gasteiger partial charge in [-0.25, -0.2) is 4.98 Å². The molecule has 3 aromatic heterocycles. The number of nitriles is 1. The first kappa shape index (κ1) is 19.1. The number of rotatable bonds is 6. The fraction of sp³-hybridized carbons (Fsp3) is 0.333. The number of nitrogens with zero attached hydrogens (tertiary/aromatic N) is 8. The zero-order valence-electron chi connectivity index (χ0n) is 16.8. The summed E-state index contributed by atoms with van der Waals surface area (Å²) in [6, 6.07) is 10.2. The molecule has 0 aliphatic heterocycles. The molecule has 0 amide bonds. The predicted molar refractivity (Wildman–Crippen MR) is 113 cm³/mol. The van der Waals surface area contributed by atoms with E-state index in [1.807, 2.05) is 30.5 Å². The van der Waals surface area contributed by atoms with Gasteiger partial charge in [-0.15, -0.1) is 5.10 Å². The van der Waals surface area contributed by atoms with Crippen LogP contribution in [0.5, 0.6) is 0 Å². The van der Waals surface area contributed by atoms with Crippen molar-refractivity contribution in [3.05, 3.63) is 42.9 Å². The number of nitrogens with one attached hydrogen (secondary N) is 1. The van der Waals surface area contributed by atoms with Crippen LogP contribution in [0.1, 0.15) is 25.7 Å². The highest BCUT2D eigenvalue weighted by molar-refractivity contribution is 5.72. The van der Waals surface area contributed by atoms with E-state index >= 15 is 0 Å². The van der Waals surface area contributed by atoms with Crippen LogP contribution in [0.2, 0.25) is 0 Å². The Kier molecular flexibility index (Phi) is 5.01. The van der Waals surface area contributed by atoms with Crippen molar-refractivity contribution in [3.63, 3.8) is 0 Å². The van der Waals surface area contributed by atoms with Crippen LogP contribution in [0.15, 0.2) is 42.9 Å². The van der Waals surface area contributed by atoms with Crippen molar-refractivity contribution in [2.75, 3.05) is 5.32 Å². The molecule has 31 heavy (non-hydrogen) atoms. The van der Waals surface area contributed by atoms with Gasteiger partial charge >= 0.3 is 0 Å². The molecule has 3 heterocycles. The Hall–Kier alpha value is -3.84. The van der Waals surface area contributed by atoms with Crippen LogP contribution in [0.25, 0.3) is 28.0 Å². The molecule has 2 atom stereocenters. The molecule has 2 N–H and O–H groups in total. The van der Waals surface area contributed by atoms with E-state index < -0.39 is 0 Å². The Bertz CT molecular complexity index is 1240. The normalized spacial score (nSPS) is 18.3. The zero-order valence-corrected chi connectivity index (χ0v) is 16.8. The van der Waals surface area contributed by atoms with Crippen molar-refractivity contribution in [1.82, 2.24) is 34.7 Å². The Labute approximate surface area is 178 Å². The summed E-state index contributed by atoms with van der Waals surface area (Å²) in [5.74, 6) is 0.511. The maximum Gasteiger partial charge on any atom is 0.225 e. The molecule has 10 heteroatoms. The molecule has 0 radical (unpaired) electrons. The largest absolute Gasteiger partial charge is 0.393 e. The molecule has 0 unspecified atom stereocenters. The monoisotopic (exact) mass is 415 g/mol. The standard InChI is InChI=1S/C21H21N9O/c22-8-1-9-29-13-15(11-24-29)14-2-5-17(6-3-14)30-20-19(27-28-30)12-23-21(26-20)25-16-4-7-18(31)10-16/h2-3,5-6,11-13,16,18,31H,1,4,7,9-10H2,(H,23,25,26)/t16-,18-/m1/s1. The highest BCUT2D eigenvalue weighted by Gasteiger charge is 2.23. The second-order valence-corrected chi connectivity index (χ2v) is 7.66. The van der Waals surface area contributed by atoms with Crippen LogP contribution in [0.4, 0.5) is 5.95 Å². The topological polar surface area (TPSA) is 130 Å². The number of hydrogen-bond acceptors (Lipinski definition) is 8. The van der Waals surface area contributed by atoms with Gasteiger partial charge in [-0.1, -0.05) is 17.3 Å². The van der Waals surface area contributed by atoms with E-state index in [4.69, 9.17) is 5.26 Å². The van der Waals surface area contributed by atoms with Gasteiger partial charge in [0.2, 0.25) is 5.95 Å². The highest BCUT2D eigenvalue weighted by atomic mass is 16.3. The number of aromatic nitrogens is 7. The van der Waals surface area contributed by atoms with Gasteiger partial charge < -0.3 is 10.4 Å². The Morgan fingerprint density at radius 3 is 2.81 bits per heavy atom. The van der Waals surface area contributed by atoms with Crippen molar-refractivity contribution in [1.29, 1.82) is 5.26 Å². The quantitative estimate of drug-likeness (QED) is 0.491. The van der Waals surface area contributed by atoms with Crippen LogP contribution in [0, 0.1) is 11.3 Å². The van der Waals surface area contributed by atoms with E-state index in [9.17, 15) is 5.11 Å². The Morgan fingerprint density at radius 1 is 1.16 bits per heavy atom. The van der Waals surface area contributed by atoms with E-state index in [0.29, 0.717) is 36.5 Å². The lowest BCUT2D eigenvalue weighted by Crippen LogP contribution is -2.18. The van der Waals surface area contributed by atoms with Crippen LogP contribution < -0.4 is 5.32 Å². The molecule has 0 bridgehead atoms. The first-order valence-corrected chi connectivity index (χ1v) is 10.2. The van der Waals surface area contributed by atoms with Crippen molar-refractivity contribution in [2.24, 2.45) is 0 Å². The predicted octanol–water partition coefficient (Wildman–Crippen LogP) is 2.31. The van der Waals surface area contributed by atoms with E-state index in [1.54, 1.807) is 21.8 Å². The van der Waals surface area contributed by atoms with Crippen LogP contribution in [-0.2, 0) is 6.54 Å². The average molecular weight is 415 g/mol. The maximum absolute atomic E-state index is 9.73. The Balaban J connectivity index is 1.38. The van der Waals surface area contributed by atoms with Crippen molar-refractivity contribution in [3.8, 4) is 22.9 Å². The molecule has 4 aromatic rings. The summed E-state index contributed by atoms with van der Waals surface area (Å²) in [6.45, 7) is 0.579. The molecular weight excluding hydrogens is 394 g/mol. The maximum atomic E-state index is 9.73. The molecule has 10 nitrogen and oxygen atoms in total. The lowest BCUT2D eigenvalue weighted by atomic mass is 10.1. The molecule has 5 rings (SSSR count). The molecule has 1 aliphatic rings. The van der Waals surface area contributed by atoms with Gasteiger partial charge in [-0.05, 0) is 37.0 Å². The van der Waals surface area contributed by atoms with Crippen molar-refractivity contribution in [2.45, 2.75) is 44.4 Å². The minimum Gasteiger partial charge on any atom is -0.393 e. The molecule has 1 saturated carbocycles. The first-order chi connectivity index (χ1) is 15.2. The molecule has 0 saturated heterocycles. The summed E-state index contributed by atoms with van der Waals surface area (Å²) in [4.78, 5) is 8.94. The first-order valence-electron chi connectivity index (χ1n) is 10.2. The number of aliphatic hydroxyl groups is 1. The third-order valence-corrected chi connectivity index (χ3v) is 5.46. The van der Waals surface area contributed by atoms with Gasteiger partial charge in [-0.3, -0.25) is 4.68 Å². The minimum absolute atomic E-state index is 0.171. The molecule has 0 spiro atoms. The van der Waals surface area contributed by atoms with E-state index in [-0.39, 0.29) is 12.1 Å². The van der Waals surface area contributed by atoms with Gasteiger partial charge in [0.25, 0.3) is 0 Å². The van der Waals surface area contributed by atoms with Gasteiger partial charge in [-0.2, -0.15) is 20.0 Å². The fourth-order valence-electron chi connectivity index (χ4n) is 3.84. The van der Waals surface area contributed by atoms with Crippen LogP contribution >= 0.6 is 0 Å². The number of aliphatic hydroxyl groups excluding tert-OH is 1. The van der Waals surface area contributed by atoms with E-state index in [0.717, 1.165) is 29.7 Å². The molecule has 1 aliphatic carbocycles. The van der Waals surface area contributed by atoms with E-state index in [2.05, 4.69) is 36.8 Å². The molecule has 1 aromatic carbocycles. The summed E-state index contributed by atoms with van der Waals surface area (Å²) >= 11 is 0. The van der Waals surface area contributed by atoms with Gasteiger partial charge in [0.1, 0.15) is 0 Å². The molecule has 1 fully saturated rings. The summed E-state index contributed by atoms with van der Waals surface area (Å²) < 4.78 is 3.46. The smallest absolute Gasteiger partial charge is 0.225 e. The number of fused-ring (bicyclic) bond motifs is 1. The summed E-state index contributed by atoms with van der Waals surface area (Å²) in [5, 5.41) is 34.5. The fourth-order valence-corrected chi connectivity index (χ4v) is 3.84. The van der Waals surface area contributed by atoms with Crippen LogP contribution in [0.3, 0.4) is 0 Å². The highest BCUT2D eigenvalue weighted by Crippen LogP contribution is 2.24. The summed E-state index contributed by atoms with van der Waals surface area (Å²) in [5.41, 5.74) is 4.07. The van der Waals surface area contributed by atoms with Crippen LogP contribution in [-0.4, -0.2) is 52.0 Å². The minimum atomic E-state index is -0.259. The molecule has 156 valence electrons. The number of aryl methyl sites for hydroxylation is 1. The number of hydrogen-bond donors (Lipinski definition) is 2. The lowest BCUT2D eigenvalue weighted by molar-refractivity contribution is 0.182. The SMILES string of the molecule is N#CCCn1cc(-c2ccc(-n3nnc4cnc(N[C@@H]5CC[C@@H](O)C5)nc43)cc2)cn1. The third kappa shape index (κ3) is 3.95. The summed E-state index contributed by atoms with van der Waals surface area (Å²) in [6.07, 6.45) is 7.95. The zero-order chi connectivity index (χ0) is 21.2. The van der Waals surface area contributed by atoms with Crippen molar-refractivity contribution < 1.29 is 5.11 Å². The second kappa shape index (κ2) is 8.12. The summed E-state index contributed by atoms with van der Waals surface area (Å²) in [7, 11) is 0. The van der Waals surface area contributed by atoms with Crippen molar-refractivity contribution >= 4 is 17.1 Å². The van der Waals surface area contributed by atoms with Gasteiger partial charge in [0.15, 0.2) is 11.2 Å². The average Bonchev–Trinajstić information content (AvgIpc) is 3.52. The van der Waals surface area contributed by atoms with Gasteiger partial charge in [0.05, 0.1) is 43.2 Å². The second-order valence-electron chi connectivity index (χ2n) is 7.66. The number of benzene rings is 1. The third-order valence-electron chi connectivity index (χ3n) is 5.46. The number of anilines is 1. The molecular formula is C21H21N9O. The van der Waals surface area contributed by atoms with Gasteiger partial charge in [0, 0.05) is 17.8 Å². The Morgan fingerprint density at radius 2 is 2.03 bits per heavy atom.